The van der Waals surface area contributed by atoms with Crippen LogP contribution in [-0.2, 0) is 4.74 Å². The largest absolute Gasteiger partial charge is 0.378 e. The standard InChI is InChI=1S/C21H24Cl2N6O/c1-13-7-14(2)9-18(8-13)29-20(25-17-11-15(22)10-16(23)12-17)26-19(24)27-21(29)28-3-5-30-6-4-28/h7-12,20,25H,3-6H2,1-2H3,(H2,24,26). The number of anilines is 2. The molecule has 1 fully saturated rings. The summed E-state index contributed by atoms with van der Waals surface area (Å²) >= 11 is 12.4. The second kappa shape index (κ2) is 8.71. The summed E-state index contributed by atoms with van der Waals surface area (Å²) in [5.74, 6) is 0.948. The maximum absolute atomic E-state index is 6.20. The first-order valence-electron chi connectivity index (χ1n) is 9.74. The minimum Gasteiger partial charge on any atom is -0.378 e. The van der Waals surface area contributed by atoms with Gasteiger partial charge < -0.3 is 20.7 Å². The van der Waals surface area contributed by atoms with Crippen LogP contribution >= 0.6 is 23.2 Å². The minimum absolute atomic E-state index is 0.211. The van der Waals surface area contributed by atoms with Crippen LogP contribution < -0.4 is 16.0 Å². The van der Waals surface area contributed by atoms with E-state index in [1.165, 1.54) is 0 Å². The molecule has 0 amide bonds. The van der Waals surface area contributed by atoms with E-state index in [0.29, 0.717) is 23.3 Å². The normalized spacial score (nSPS) is 19.4. The molecule has 0 aliphatic carbocycles. The van der Waals surface area contributed by atoms with Crippen molar-refractivity contribution in [3.8, 4) is 0 Å². The van der Waals surface area contributed by atoms with Gasteiger partial charge in [0.15, 0.2) is 0 Å². The SMILES string of the molecule is Cc1cc(C)cc(N2C(N3CCOCC3)=NC(N)=NC2Nc2cc(Cl)cc(Cl)c2)c1. The molecule has 0 bridgehead atoms. The summed E-state index contributed by atoms with van der Waals surface area (Å²) in [6.45, 7) is 6.87. The lowest BCUT2D eigenvalue weighted by Crippen LogP contribution is -2.57. The lowest BCUT2D eigenvalue weighted by atomic mass is 10.1. The van der Waals surface area contributed by atoms with Gasteiger partial charge in [-0.2, -0.15) is 4.99 Å². The van der Waals surface area contributed by atoms with Gasteiger partial charge in [-0.15, -0.1) is 0 Å². The number of nitrogens with one attached hydrogen (secondary N) is 1. The van der Waals surface area contributed by atoms with E-state index in [9.17, 15) is 0 Å². The number of hydrogen-bond acceptors (Lipinski definition) is 7. The van der Waals surface area contributed by atoms with Crippen LogP contribution in [0.15, 0.2) is 46.4 Å². The first-order chi connectivity index (χ1) is 14.4. The molecule has 2 heterocycles. The number of hydrogen-bond donors (Lipinski definition) is 2. The number of morpholine rings is 1. The van der Waals surface area contributed by atoms with E-state index in [2.05, 4.69) is 57.1 Å². The molecule has 9 heteroatoms. The van der Waals surface area contributed by atoms with Gasteiger partial charge in [-0.1, -0.05) is 29.3 Å². The van der Waals surface area contributed by atoms with Crippen LogP contribution in [0.3, 0.4) is 0 Å². The average Bonchev–Trinajstić information content (AvgIpc) is 2.66. The molecule has 1 unspecified atom stereocenters. The van der Waals surface area contributed by atoms with Gasteiger partial charge in [0.05, 0.1) is 13.2 Å². The highest BCUT2D eigenvalue weighted by Gasteiger charge is 2.32. The van der Waals surface area contributed by atoms with Crippen LogP contribution in [0.1, 0.15) is 11.1 Å². The molecule has 2 aromatic rings. The molecule has 0 radical (unpaired) electrons. The summed E-state index contributed by atoms with van der Waals surface area (Å²) in [6.07, 6.45) is -0.518. The number of rotatable bonds is 3. The van der Waals surface area contributed by atoms with Crippen molar-refractivity contribution in [3.63, 3.8) is 0 Å². The van der Waals surface area contributed by atoms with Crippen LogP contribution in [-0.4, -0.2) is 49.4 Å². The Hall–Kier alpha value is -2.48. The summed E-state index contributed by atoms with van der Waals surface area (Å²) in [4.78, 5) is 13.4. The van der Waals surface area contributed by atoms with E-state index in [-0.39, 0.29) is 5.96 Å². The summed E-state index contributed by atoms with van der Waals surface area (Å²) in [5, 5.41) is 4.48. The van der Waals surface area contributed by atoms with Gasteiger partial charge in [0.25, 0.3) is 0 Å². The van der Waals surface area contributed by atoms with Crippen molar-refractivity contribution in [2.75, 3.05) is 36.5 Å². The molecule has 0 saturated carbocycles. The highest BCUT2D eigenvalue weighted by molar-refractivity contribution is 6.35. The maximum Gasteiger partial charge on any atom is 0.222 e. The van der Waals surface area contributed by atoms with Crippen molar-refractivity contribution in [3.05, 3.63) is 57.6 Å². The summed E-state index contributed by atoms with van der Waals surface area (Å²) in [7, 11) is 0. The molecular formula is C21H24Cl2N6O. The Morgan fingerprint density at radius 2 is 1.63 bits per heavy atom. The third kappa shape index (κ3) is 4.64. The van der Waals surface area contributed by atoms with E-state index >= 15 is 0 Å². The lowest BCUT2D eigenvalue weighted by molar-refractivity contribution is 0.0671. The van der Waals surface area contributed by atoms with E-state index in [1.807, 2.05) is 0 Å². The first-order valence-corrected chi connectivity index (χ1v) is 10.5. The fraction of sp³-hybridized carbons (Fsp3) is 0.333. The van der Waals surface area contributed by atoms with Crippen LogP contribution in [0.5, 0.6) is 0 Å². The molecule has 2 aromatic carbocycles. The van der Waals surface area contributed by atoms with Crippen LogP contribution in [0, 0.1) is 13.8 Å². The van der Waals surface area contributed by atoms with Crippen molar-refractivity contribution in [1.29, 1.82) is 0 Å². The van der Waals surface area contributed by atoms with E-state index < -0.39 is 6.29 Å². The monoisotopic (exact) mass is 446 g/mol. The third-order valence-corrected chi connectivity index (χ3v) is 5.30. The van der Waals surface area contributed by atoms with Crippen molar-refractivity contribution in [2.45, 2.75) is 20.1 Å². The zero-order valence-corrected chi connectivity index (χ0v) is 18.4. The highest BCUT2D eigenvalue weighted by atomic mass is 35.5. The third-order valence-electron chi connectivity index (χ3n) is 4.87. The zero-order valence-electron chi connectivity index (χ0n) is 16.9. The fourth-order valence-electron chi connectivity index (χ4n) is 3.69. The molecule has 1 atom stereocenters. The predicted molar refractivity (Wildman–Crippen MR) is 124 cm³/mol. The molecule has 30 heavy (non-hydrogen) atoms. The molecule has 3 N–H and O–H groups in total. The molecule has 0 aromatic heterocycles. The Kier molecular flexibility index (Phi) is 6.04. The number of guanidine groups is 2. The molecular weight excluding hydrogens is 423 g/mol. The lowest BCUT2D eigenvalue weighted by Gasteiger charge is -2.41. The Morgan fingerprint density at radius 1 is 1.00 bits per heavy atom. The number of halogens is 2. The van der Waals surface area contributed by atoms with Gasteiger partial charge in [-0.05, 0) is 55.3 Å². The van der Waals surface area contributed by atoms with Crippen molar-refractivity contribution >= 4 is 46.5 Å². The highest BCUT2D eigenvalue weighted by Crippen LogP contribution is 2.28. The molecule has 4 rings (SSSR count). The van der Waals surface area contributed by atoms with E-state index in [4.69, 9.17) is 33.7 Å². The van der Waals surface area contributed by atoms with Crippen LogP contribution in [0.2, 0.25) is 10.0 Å². The van der Waals surface area contributed by atoms with Crippen LogP contribution in [0.4, 0.5) is 11.4 Å². The molecule has 7 nitrogen and oxygen atoms in total. The second-order valence-electron chi connectivity index (χ2n) is 7.39. The van der Waals surface area contributed by atoms with Crippen LogP contribution in [0.25, 0.3) is 0 Å². The Balaban J connectivity index is 1.76. The van der Waals surface area contributed by atoms with Gasteiger partial charge in [0.1, 0.15) is 0 Å². The smallest absolute Gasteiger partial charge is 0.222 e. The molecule has 158 valence electrons. The van der Waals surface area contributed by atoms with Gasteiger partial charge >= 0.3 is 0 Å². The fourth-order valence-corrected chi connectivity index (χ4v) is 4.22. The summed E-state index contributed by atoms with van der Waals surface area (Å²) < 4.78 is 5.52. The van der Waals surface area contributed by atoms with Crippen molar-refractivity contribution in [2.24, 2.45) is 15.7 Å². The maximum atomic E-state index is 6.20. The van der Waals surface area contributed by atoms with Gasteiger partial charge in [-0.25, -0.2) is 4.99 Å². The van der Waals surface area contributed by atoms with Gasteiger partial charge in [-0.3, -0.25) is 4.90 Å². The Morgan fingerprint density at radius 3 is 2.27 bits per heavy atom. The van der Waals surface area contributed by atoms with Gasteiger partial charge in [0, 0.05) is 34.5 Å². The number of nitrogens with two attached hydrogens (primary N) is 1. The first kappa shape index (κ1) is 20.8. The Labute approximate surface area is 186 Å². The van der Waals surface area contributed by atoms with Crippen molar-refractivity contribution < 1.29 is 4.74 Å². The number of ether oxygens (including phenoxy) is 1. The predicted octanol–water partition coefficient (Wildman–Crippen LogP) is 3.83. The van der Waals surface area contributed by atoms with E-state index in [1.54, 1.807) is 18.2 Å². The molecule has 1 saturated heterocycles. The number of nitrogens with zero attached hydrogens (tertiary/aromatic N) is 4. The Bertz CT molecular complexity index is 962. The molecule has 2 aliphatic heterocycles. The second-order valence-corrected chi connectivity index (χ2v) is 8.26. The summed E-state index contributed by atoms with van der Waals surface area (Å²) in [6, 6.07) is 11.7. The molecule has 0 spiro atoms. The topological polar surface area (TPSA) is 78.5 Å². The number of aryl methyl sites for hydroxylation is 2. The average molecular weight is 447 g/mol. The quantitative estimate of drug-likeness (QED) is 0.748. The van der Waals surface area contributed by atoms with Gasteiger partial charge in [0.2, 0.25) is 18.2 Å². The van der Waals surface area contributed by atoms with Crippen molar-refractivity contribution in [1.82, 2.24) is 4.90 Å². The van der Waals surface area contributed by atoms with E-state index in [0.717, 1.165) is 41.6 Å². The number of benzene rings is 2. The zero-order chi connectivity index (χ0) is 21.3. The molecule has 2 aliphatic rings. The minimum atomic E-state index is -0.518. The number of aliphatic imine (C=N–C) groups is 2. The summed E-state index contributed by atoms with van der Waals surface area (Å²) in [5.41, 5.74) is 10.1.